The van der Waals surface area contributed by atoms with Gasteiger partial charge in [0.05, 0.1) is 12.8 Å². The number of rotatable bonds is 3. The molecule has 1 aromatic carbocycles. The van der Waals surface area contributed by atoms with Crippen molar-refractivity contribution >= 4 is 0 Å². The van der Waals surface area contributed by atoms with E-state index in [4.69, 9.17) is 10.5 Å². The number of hydrogen-bond donors (Lipinski definition) is 1. The first-order valence-electron chi connectivity index (χ1n) is 5.13. The zero-order chi connectivity index (χ0) is 11.4. The minimum absolute atomic E-state index is 0.471. The largest absolute Gasteiger partial charge is 0.497 e. The van der Waals surface area contributed by atoms with Gasteiger partial charge in [0.15, 0.2) is 0 Å². The molecule has 82 valence electrons. The molecule has 0 saturated carbocycles. The predicted molar refractivity (Wildman–Crippen MR) is 64.1 cm³/mol. The summed E-state index contributed by atoms with van der Waals surface area (Å²) in [4.78, 5) is 4.26. The molecule has 0 spiro atoms. The van der Waals surface area contributed by atoms with Gasteiger partial charge in [-0.2, -0.15) is 0 Å². The fourth-order valence-electron chi connectivity index (χ4n) is 1.52. The molecule has 0 radical (unpaired) electrons. The van der Waals surface area contributed by atoms with Crippen LogP contribution in [0, 0.1) is 0 Å². The standard InChI is InChI=1S/C13H14N2O/c1-16-13-4-2-3-10(7-13)11-5-6-12(8-14)15-9-11/h2-7,9H,8,14H2,1H3. The van der Waals surface area contributed by atoms with Gasteiger partial charge in [0, 0.05) is 18.3 Å². The zero-order valence-electron chi connectivity index (χ0n) is 9.18. The van der Waals surface area contributed by atoms with E-state index >= 15 is 0 Å². The highest BCUT2D eigenvalue weighted by molar-refractivity contribution is 5.64. The van der Waals surface area contributed by atoms with Crippen molar-refractivity contribution in [2.45, 2.75) is 6.54 Å². The monoisotopic (exact) mass is 214 g/mol. The van der Waals surface area contributed by atoms with Crippen LogP contribution < -0.4 is 10.5 Å². The van der Waals surface area contributed by atoms with E-state index in [1.807, 2.05) is 42.6 Å². The summed E-state index contributed by atoms with van der Waals surface area (Å²) in [6, 6.07) is 11.9. The van der Waals surface area contributed by atoms with Crippen molar-refractivity contribution in [2.24, 2.45) is 5.73 Å². The number of nitrogens with zero attached hydrogens (tertiary/aromatic N) is 1. The van der Waals surface area contributed by atoms with E-state index in [-0.39, 0.29) is 0 Å². The summed E-state index contributed by atoms with van der Waals surface area (Å²) in [6.45, 7) is 0.471. The fraction of sp³-hybridized carbons (Fsp3) is 0.154. The second-order valence-electron chi connectivity index (χ2n) is 3.47. The molecule has 2 N–H and O–H groups in total. The molecule has 0 aliphatic rings. The van der Waals surface area contributed by atoms with Crippen molar-refractivity contribution < 1.29 is 4.74 Å². The number of pyridine rings is 1. The van der Waals surface area contributed by atoms with Gasteiger partial charge < -0.3 is 10.5 Å². The summed E-state index contributed by atoms with van der Waals surface area (Å²) in [5.74, 6) is 0.848. The van der Waals surface area contributed by atoms with Gasteiger partial charge in [0.25, 0.3) is 0 Å². The highest BCUT2D eigenvalue weighted by Crippen LogP contribution is 2.22. The first kappa shape index (κ1) is 10.6. The Labute approximate surface area is 94.9 Å². The molecule has 0 amide bonds. The highest BCUT2D eigenvalue weighted by Gasteiger charge is 2.00. The average molecular weight is 214 g/mol. The normalized spacial score (nSPS) is 10.1. The van der Waals surface area contributed by atoms with Crippen LogP contribution in [-0.4, -0.2) is 12.1 Å². The Balaban J connectivity index is 2.34. The van der Waals surface area contributed by atoms with Crippen LogP contribution >= 0.6 is 0 Å². The van der Waals surface area contributed by atoms with Crippen LogP contribution in [0.15, 0.2) is 42.6 Å². The lowest BCUT2D eigenvalue weighted by molar-refractivity contribution is 0.415. The van der Waals surface area contributed by atoms with Crippen LogP contribution in [0.1, 0.15) is 5.69 Å². The van der Waals surface area contributed by atoms with Crippen molar-refractivity contribution in [1.82, 2.24) is 4.98 Å². The molecule has 2 rings (SSSR count). The van der Waals surface area contributed by atoms with E-state index in [0.717, 1.165) is 22.6 Å². The Hall–Kier alpha value is -1.87. The van der Waals surface area contributed by atoms with E-state index in [0.29, 0.717) is 6.54 Å². The van der Waals surface area contributed by atoms with Crippen LogP contribution in [0.25, 0.3) is 11.1 Å². The number of aromatic nitrogens is 1. The Kier molecular flexibility index (Phi) is 3.17. The maximum atomic E-state index is 5.50. The van der Waals surface area contributed by atoms with Gasteiger partial charge in [0.2, 0.25) is 0 Å². The summed E-state index contributed by atoms with van der Waals surface area (Å²) in [6.07, 6.45) is 1.83. The molecule has 2 aromatic rings. The molecular formula is C13H14N2O. The van der Waals surface area contributed by atoms with Crippen molar-refractivity contribution in [3.8, 4) is 16.9 Å². The zero-order valence-corrected chi connectivity index (χ0v) is 9.18. The van der Waals surface area contributed by atoms with Gasteiger partial charge in [-0.1, -0.05) is 18.2 Å². The van der Waals surface area contributed by atoms with E-state index in [2.05, 4.69) is 4.98 Å². The van der Waals surface area contributed by atoms with Gasteiger partial charge in [-0.15, -0.1) is 0 Å². The summed E-state index contributed by atoms with van der Waals surface area (Å²) in [5, 5.41) is 0. The second-order valence-corrected chi connectivity index (χ2v) is 3.47. The highest BCUT2D eigenvalue weighted by atomic mass is 16.5. The third-order valence-corrected chi connectivity index (χ3v) is 2.44. The van der Waals surface area contributed by atoms with Gasteiger partial charge >= 0.3 is 0 Å². The molecule has 0 aliphatic carbocycles. The van der Waals surface area contributed by atoms with E-state index < -0.39 is 0 Å². The van der Waals surface area contributed by atoms with E-state index in [1.165, 1.54) is 0 Å². The lowest BCUT2D eigenvalue weighted by Crippen LogP contribution is -1.98. The van der Waals surface area contributed by atoms with Gasteiger partial charge in [0.1, 0.15) is 5.75 Å². The molecule has 1 heterocycles. The maximum absolute atomic E-state index is 5.50. The molecule has 0 aliphatic heterocycles. The number of methoxy groups -OCH3 is 1. The van der Waals surface area contributed by atoms with Crippen molar-refractivity contribution in [2.75, 3.05) is 7.11 Å². The van der Waals surface area contributed by atoms with Gasteiger partial charge in [-0.25, -0.2) is 0 Å². The van der Waals surface area contributed by atoms with Crippen LogP contribution in [0.3, 0.4) is 0 Å². The van der Waals surface area contributed by atoms with Gasteiger partial charge in [-0.05, 0) is 23.8 Å². The predicted octanol–water partition coefficient (Wildman–Crippen LogP) is 2.22. The molecule has 0 fully saturated rings. The fourth-order valence-corrected chi connectivity index (χ4v) is 1.52. The van der Waals surface area contributed by atoms with Crippen LogP contribution in [0.2, 0.25) is 0 Å². The van der Waals surface area contributed by atoms with Crippen LogP contribution in [0.4, 0.5) is 0 Å². The smallest absolute Gasteiger partial charge is 0.119 e. The van der Waals surface area contributed by atoms with Crippen molar-refractivity contribution in [3.05, 3.63) is 48.3 Å². The second kappa shape index (κ2) is 4.77. The average Bonchev–Trinajstić information content (AvgIpc) is 2.39. The molecule has 0 unspecified atom stereocenters. The summed E-state index contributed by atoms with van der Waals surface area (Å²) in [5.41, 5.74) is 8.56. The minimum atomic E-state index is 0.471. The van der Waals surface area contributed by atoms with E-state index in [1.54, 1.807) is 7.11 Å². The topological polar surface area (TPSA) is 48.1 Å². The molecule has 0 bridgehead atoms. The molecule has 0 saturated heterocycles. The third kappa shape index (κ3) is 2.20. The van der Waals surface area contributed by atoms with Crippen LogP contribution in [-0.2, 0) is 6.54 Å². The number of nitrogens with two attached hydrogens (primary N) is 1. The first-order chi connectivity index (χ1) is 7.83. The quantitative estimate of drug-likeness (QED) is 0.852. The van der Waals surface area contributed by atoms with Crippen molar-refractivity contribution in [1.29, 1.82) is 0 Å². The molecule has 16 heavy (non-hydrogen) atoms. The molecule has 3 nitrogen and oxygen atoms in total. The summed E-state index contributed by atoms with van der Waals surface area (Å²) in [7, 11) is 1.66. The van der Waals surface area contributed by atoms with Gasteiger partial charge in [-0.3, -0.25) is 4.98 Å². The molecule has 3 heteroatoms. The SMILES string of the molecule is COc1cccc(-c2ccc(CN)nc2)c1. The number of hydrogen-bond acceptors (Lipinski definition) is 3. The lowest BCUT2D eigenvalue weighted by atomic mass is 10.1. The third-order valence-electron chi connectivity index (χ3n) is 2.44. The van der Waals surface area contributed by atoms with Crippen LogP contribution in [0.5, 0.6) is 5.75 Å². The van der Waals surface area contributed by atoms with Crippen molar-refractivity contribution in [3.63, 3.8) is 0 Å². The number of benzene rings is 1. The molecular weight excluding hydrogens is 200 g/mol. The first-order valence-corrected chi connectivity index (χ1v) is 5.13. The Bertz CT molecular complexity index is 466. The maximum Gasteiger partial charge on any atom is 0.119 e. The number of ether oxygens (including phenoxy) is 1. The summed E-state index contributed by atoms with van der Waals surface area (Å²) < 4.78 is 5.18. The summed E-state index contributed by atoms with van der Waals surface area (Å²) >= 11 is 0. The van der Waals surface area contributed by atoms with E-state index in [9.17, 15) is 0 Å². The minimum Gasteiger partial charge on any atom is -0.497 e. The molecule has 1 aromatic heterocycles. The lowest BCUT2D eigenvalue weighted by Gasteiger charge is -2.04. The Morgan fingerprint density at radius 2 is 2.06 bits per heavy atom. The Morgan fingerprint density at radius 1 is 1.19 bits per heavy atom. The molecule has 0 atom stereocenters. The Morgan fingerprint density at radius 3 is 2.69 bits per heavy atom.